The Morgan fingerprint density at radius 2 is 1.84 bits per heavy atom. The number of amides is 3. The summed E-state index contributed by atoms with van der Waals surface area (Å²) in [6.07, 6.45) is 3.72. The van der Waals surface area contributed by atoms with Crippen molar-refractivity contribution in [2.75, 3.05) is 19.6 Å². The van der Waals surface area contributed by atoms with E-state index in [0.29, 0.717) is 18.0 Å². The smallest absolute Gasteiger partial charge is 0.294 e. The van der Waals surface area contributed by atoms with Crippen molar-refractivity contribution >= 4 is 57.5 Å². The maximum Gasteiger partial charge on any atom is 0.294 e. The lowest BCUT2D eigenvalue weighted by atomic mass is 10.2. The molecule has 2 fully saturated rings. The number of likely N-dealkylation sites (tertiary alicyclic amines) is 1. The Hall–Kier alpha value is -2.07. The normalized spacial score (nSPS) is 18.0. The topological polar surface area (TPSA) is 62.6 Å². The van der Waals surface area contributed by atoms with E-state index in [1.807, 2.05) is 19.9 Å². The number of hydrogen-bond donors (Lipinski definition) is 0. The molecule has 31 heavy (non-hydrogen) atoms. The Balaban J connectivity index is 1.59. The van der Waals surface area contributed by atoms with Crippen LogP contribution >= 0.6 is 34.4 Å². The van der Waals surface area contributed by atoms with E-state index >= 15 is 0 Å². The van der Waals surface area contributed by atoms with Crippen LogP contribution in [0.1, 0.15) is 35.4 Å². The Bertz CT molecular complexity index is 1120. The molecule has 1 aromatic heterocycles. The molecule has 2 aliphatic rings. The van der Waals surface area contributed by atoms with Gasteiger partial charge in [-0.15, -0.1) is 0 Å². The van der Waals surface area contributed by atoms with Crippen LogP contribution in [-0.2, 0) is 9.59 Å². The third-order valence-corrected chi connectivity index (χ3v) is 7.90. The number of carbonyl (C=O) groups is 3. The second-order valence-corrected chi connectivity index (χ2v) is 10.1. The predicted octanol–water partition coefficient (Wildman–Crippen LogP) is 4.67. The zero-order chi connectivity index (χ0) is 22.3. The maximum absolute atomic E-state index is 12.9. The number of halogens is 1. The summed E-state index contributed by atoms with van der Waals surface area (Å²) in [4.78, 5) is 40.9. The first-order valence-electron chi connectivity index (χ1n) is 10.2. The van der Waals surface area contributed by atoms with E-state index in [0.717, 1.165) is 52.1 Å². The molecule has 3 heterocycles. The summed E-state index contributed by atoms with van der Waals surface area (Å²) in [7, 11) is 0. The van der Waals surface area contributed by atoms with E-state index in [2.05, 4.69) is 52.3 Å². The number of benzene rings is 1. The lowest BCUT2D eigenvalue weighted by Crippen LogP contribution is -2.40. The molecule has 0 spiro atoms. The van der Waals surface area contributed by atoms with Crippen LogP contribution in [0.25, 0.3) is 11.8 Å². The fraction of sp³-hybridized carbons (Fsp3) is 0.348. The van der Waals surface area contributed by atoms with Crippen molar-refractivity contribution in [3.63, 3.8) is 0 Å². The van der Waals surface area contributed by atoms with Gasteiger partial charge in [-0.1, -0.05) is 0 Å². The van der Waals surface area contributed by atoms with Crippen LogP contribution in [0.5, 0.6) is 0 Å². The van der Waals surface area contributed by atoms with Gasteiger partial charge < -0.3 is 9.47 Å². The highest BCUT2D eigenvalue weighted by Gasteiger charge is 2.37. The number of aromatic nitrogens is 1. The van der Waals surface area contributed by atoms with Gasteiger partial charge in [-0.25, -0.2) is 0 Å². The van der Waals surface area contributed by atoms with E-state index < -0.39 is 5.91 Å². The number of hydrogen-bond acceptors (Lipinski definition) is 4. The Morgan fingerprint density at radius 3 is 2.52 bits per heavy atom. The summed E-state index contributed by atoms with van der Waals surface area (Å²) in [5.74, 6) is -0.550. The molecule has 0 atom stereocenters. The number of nitrogens with zero attached hydrogens (tertiary/aromatic N) is 3. The molecule has 1 aromatic carbocycles. The molecule has 2 aromatic rings. The number of aryl methyl sites for hydroxylation is 2. The monoisotopic (exact) mass is 549 g/mol. The largest absolute Gasteiger partial charge is 0.341 e. The van der Waals surface area contributed by atoms with Crippen molar-refractivity contribution in [2.45, 2.75) is 33.6 Å². The molecule has 0 aliphatic carbocycles. The first-order chi connectivity index (χ1) is 14.8. The summed E-state index contributed by atoms with van der Waals surface area (Å²) < 4.78 is 3.36. The van der Waals surface area contributed by atoms with E-state index in [1.165, 1.54) is 9.13 Å². The van der Waals surface area contributed by atoms with Gasteiger partial charge in [-0.2, -0.15) is 0 Å². The van der Waals surface area contributed by atoms with Crippen molar-refractivity contribution in [2.24, 2.45) is 0 Å². The van der Waals surface area contributed by atoms with Crippen LogP contribution in [0.2, 0.25) is 0 Å². The van der Waals surface area contributed by atoms with Crippen molar-refractivity contribution in [3.05, 3.63) is 55.3 Å². The van der Waals surface area contributed by atoms with Crippen LogP contribution < -0.4 is 0 Å². The molecule has 0 unspecified atom stereocenters. The number of thioether (sulfide) groups is 1. The van der Waals surface area contributed by atoms with E-state index in [1.54, 1.807) is 11.0 Å². The molecule has 2 saturated heterocycles. The average Bonchev–Trinajstić information content (AvgIpc) is 3.41. The Kier molecular flexibility index (Phi) is 6.30. The highest BCUT2D eigenvalue weighted by molar-refractivity contribution is 14.1. The summed E-state index contributed by atoms with van der Waals surface area (Å²) >= 11 is 3.22. The lowest BCUT2D eigenvalue weighted by molar-refractivity contribution is -0.135. The number of carbonyl (C=O) groups excluding carboxylic acids is 3. The average molecular weight is 549 g/mol. The van der Waals surface area contributed by atoms with Crippen molar-refractivity contribution in [1.29, 1.82) is 0 Å². The zero-order valence-corrected chi connectivity index (χ0v) is 20.7. The van der Waals surface area contributed by atoms with Gasteiger partial charge in [0.25, 0.3) is 11.1 Å². The molecule has 3 amide bonds. The summed E-state index contributed by atoms with van der Waals surface area (Å²) in [6, 6.07) is 8.33. The molecule has 0 radical (unpaired) electrons. The minimum atomic E-state index is -0.391. The van der Waals surface area contributed by atoms with Crippen molar-refractivity contribution < 1.29 is 14.4 Å². The minimum absolute atomic E-state index is 0.159. The zero-order valence-electron chi connectivity index (χ0n) is 17.8. The van der Waals surface area contributed by atoms with Gasteiger partial charge in [0.2, 0.25) is 5.91 Å². The van der Waals surface area contributed by atoms with Crippen LogP contribution in [0, 0.1) is 24.3 Å². The summed E-state index contributed by atoms with van der Waals surface area (Å²) in [6.45, 7) is 7.35. The van der Waals surface area contributed by atoms with Gasteiger partial charge in [-0.05, 0) is 109 Å². The Morgan fingerprint density at radius 1 is 1.13 bits per heavy atom. The predicted molar refractivity (Wildman–Crippen MR) is 131 cm³/mol. The number of rotatable bonds is 4. The molecular formula is C23H24IN3O3S. The van der Waals surface area contributed by atoms with E-state index in [-0.39, 0.29) is 17.7 Å². The third-order valence-electron chi connectivity index (χ3n) is 5.78. The lowest BCUT2D eigenvalue weighted by Gasteiger charge is -2.18. The molecule has 2 aliphatic heterocycles. The highest BCUT2D eigenvalue weighted by Crippen LogP contribution is 2.34. The van der Waals surface area contributed by atoms with Gasteiger partial charge in [0, 0.05) is 33.7 Å². The summed E-state index contributed by atoms with van der Waals surface area (Å²) in [5.41, 5.74) is 5.21. The molecule has 4 rings (SSSR count). The number of imide groups is 1. The molecule has 6 nitrogen and oxygen atoms in total. The van der Waals surface area contributed by atoms with Crippen molar-refractivity contribution in [1.82, 2.24) is 14.4 Å². The first kappa shape index (κ1) is 22.1. The van der Waals surface area contributed by atoms with E-state index in [9.17, 15) is 14.4 Å². The van der Waals surface area contributed by atoms with Gasteiger partial charge in [0.05, 0.1) is 4.91 Å². The standard InChI is InChI=1S/C23H24IN3O3S/c1-14-10-18(6-7-19(14)24)27-15(2)11-17(16(27)3)12-20-22(29)26(23(30)31-20)13-21(28)25-8-4-5-9-25/h6-7,10-12H,4-5,8-9,13H2,1-3H3/b20-12-. The molecule has 0 N–H and O–H groups in total. The van der Waals surface area contributed by atoms with Crippen LogP contribution in [-0.4, -0.2) is 51.1 Å². The first-order valence-corrected chi connectivity index (χ1v) is 12.1. The van der Waals surface area contributed by atoms with E-state index in [4.69, 9.17) is 0 Å². The molecular weight excluding hydrogens is 525 g/mol. The third kappa shape index (κ3) is 4.32. The molecule has 8 heteroatoms. The van der Waals surface area contributed by atoms with Gasteiger partial charge in [0.1, 0.15) is 6.54 Å². The highest BCUT2D eigenvalue weighted by atomic mass is 127. The Labute approximate surface area is 199 Å². The molecule has 0 saturated carbocycles. The van der Waals surface area contributed by atoms with Gasteiger partial charge in [0.15, 0.2) is 0 Å². The van der Waals surface area contributed by atoms with Crippen molar-refractivity contribution in [3.8, 4) is 5.69 Å². The summed E-state index contributed by atoms with van der Waals surface area (Å²) in [5, 5.41) is -0.383. The molecule has 0 bridgehead atoms. The quantitative estimate of drug-likeness (QED) is 0.411. The SMILES string of the molecule is Cc1cc(-n2c(C)cc(/C=C3\SC(=O)N(CC(=O)N4CCCC4)C3=O)c2C)ccc1I. The second-order valence-electron chi connectivity index (χ2n) is 7.95. The minimum Gasteiger partial charge on any atom is -0.341 e. The van der Waals surface area contributed by atoms with Crippen LogP contribution in [0.3, 0.4) is 0 Å². The van der Waals surface area contributed by atoms with Gasteiger partial charge >= 0.3 is 0 Å². The fourth-order valence-electron chi connectivity index (χ4n) is 4.08. The van der Waals surface area contributed by atoms with Gasteiger partial charge in [-0.3, -0.25) is 19.3 Å². The van der Waals surface area contributed by atoms with Crippen LogP contribution in [0.4, 0.5) is 4.79 Å². The fourth-order valence-corrected chi connectivity index (χ4v) is 5.24. The van der Waals surface area contributed by atoms with Crippen LogP contribution in [0.15, 0.2) is 29.2 Å². The molecule has 162 valence electrons. The second kappa shape index (κ2) is 8.82. The maximum atomic E-state index is 12.9.